The highest BCUT2D eigenvalue weighted by Gasteiger charge is 2.10. The van der Waals surface area contributed by atoms with E-state index in [-0.39, 0.29) is 5.97 Å². The second kappa shape index (κ2) is 6.00. The summed E-state index contributed by atoms with van der Waals surface area (Å²) in [4.78, 5) is 15.7. The Labute approximate surface area is 112 Å². The number of rotatable bonds is 4. The molecule has 0 spiro atoms. The first-order chi connectivity index (χ1) is 9.20. The number of ether oxygens (including phenoxy) is 2. The number of hydrogen-bond acceptors (Lipinski definition) is 4. The monoisotopic (exact) mass is 257 g/mol. The molecule has 2 aromatic rings. The van der Waals surface area contributed by atoms with Gasteiger partial charge in [-0.25, -0.2) is 9.78 Å². The Bertz CT molecular complexity index is 567. The third kappa shape index (κ3) is 3.31. The van der Waals surface area contributed by atoms with Gasteiger partial charge in [0.2, 0.25) is 5.88 Å². The van der Waals surface area contributed by atoms with Crippen LogP contribution in [0.15, 0.2) is 42.5 Å². The van der Waals surface area contributed by atoms with Crippen molar-refractivity contribution in [2.75, 3.05) is 7.11 Å². The highest BCUT2D eigenvalue weighted by atomic mass is 16.5. The van der Waals surface area contributed by atoms with E-state index in [1.54, 1.807) is 19.1 Å². The molecule has 4 nitrogen and oxygen atoms in total. The molecule has 0 saturated heterocycles. The van der Waals surface area contributed by atoms with Gasteiger partial charge in [-0.15, -0.1) is 0 Å². The number of benzene rings is 1. The van der Waals surface area contributed by atoms with Crippen molar-refractivity contribution in [1.82, 2.24) is 4.98 Å². The molecular formula is C15H15NO3. The molecule has 0 N–H and O–H groups in total. The van der Waals surface area contributed by atoms with Crippen LogP contribution in [0.5, 0.6) is 5.88 Å². The lowest BCUT2D eigenvalue weighted by molar-refractivity contribution is 0.0599. The van der Waals surface area contributed by atoms with Gasteiger partial charge in [0, 0.05) is 6.07 Å². The van der Waals surface area contributed by atoms with Crippen LogP contribution >= 0.6 is 0 Å². The van der Waals surface area contributed by atoms with Crippen molar-refractivity contribution in [2.45, 2.75) is 13.5 Å². The molecule has 0 fully saturated rings. The number of nitrogens with zero attached hydrogens (tertiary/aromatic N) is 1. The summed E-state index contributed by atoms with van der Waals surface area (Å²) in [5.74, 6) is 0.105. The van der Waals surface area contributed by atoms with Crippen molar-refractivity contribution in [3.63, 3.8) is 0 Å². The van der Waals surface area contributed by atoms with Crippen LogP contribution in [0.3, 0.4) is 0 Å². The molecule has 0 bridgehead atoms. The van der Waals surface area contributed by atoms with Crippen LogP contribution < -0.4 is 4.74 Å². The van der Waals surface area contributed by atoms with Crippen molar-refractivity contribution < 1.29 is 14.3 Å². The Morgan fingerprint density at radius 2 is 1.89 bits per heavy atom. The topological polar surface area (TPSA) is 48.4 Å². The van der Waals surface area contributed by atoms with Crippen molar-refractivity contribution in [3.05, 3.63) is 59.3 Å². The van der Waals surface area contributed by atoms with E-state index in [9.17, 15) is 4.79 Å². The summed E-state index contributed by atoms with van der Waals surface area (Å²) in [6.45, 7) is 2.20. The molecular weight excluding hydrogens is 242 g/mol. The normalized spacial score (nSPS) is 10.0. The van der Waals surface area contributed by atoms with Crippen LogP contribution in [-0.4, -0.2) is 18.1 Å². The molecule has 0 radical (unpaired) electrons. The van der Waals surface area contributed by atoms with Gasteiger partial charge in [0.1, 0.15) is 6.61 Å². The van der Waals surface area contributed by atoms with Gasteiger partial charge >= 0.3 is 5.97 Å². The van der Waals surface area contributed by atoms with Crippen LogP contribution in [0.1, 0.15) is 21.6 Å². The summed E-state index contributed by atoms with van der Waals surface area (Å²) < 4.78 is 10.2. The summed E-state index contributed by atoms with van der Waals surface area (Å²) in [6.07, 6.45) is 0. The maximum absolute atomic E-state index is 11.4. The minimum Gasteiger partial charge on any atom is -0.473 e. The fourth-order valence-corrected chi connectivity index (χ4v) is 1.68. The van der Waals surface area contributed by atoms with E-state index in [4.69, 9.17) is 4.74 Å². The molecule has 0 unspecified atom stereocenters. The fraction of sp³-hybridized carbons (Fsp3) is 0.200. The lowest BCUT2D eigenvalue weighted by Gasteiger charge is -2.08. The van der Waals surface area contributed by atoms with E-state index in [0.717, 1.165) is 5.56 Å². The van der Waals surface area contributed by atoms with Gasteiger partial charge in [0.25, 0.3) is 0 Å². The number of carbonyl (C=O) groups is 1. The predicted molar refractivity (Wildman–Crippen MR) is 71.1 cm³/mol. The van der Waals surface area contributed by atoms with Crippen LogP contribution in [0.25, 0.3) is 0 Å². The summed E-state index contributed by atoms with van der Waals surface area (Å²) in [5, 5.41) is 0. The average molecular weight is 257 g/mol. The lowest BCUT2D eigenvalue weighted by Crippen LogP contribution is -2.06. The minimum atomic E-state index is -0.389. The first-order valence-electron chi connectivity index (χ1n) is 5.93. The Morgan fingerprint density at radius 3 is 2.53 bits per heavy atom. The zero-order chi connectivity index (χ0) is 13.7. The van der Waals surface area contributed by atoms with Gasteiger partial charge < -0.3 is 9.47 Å². The standard InChI is InChI=1S/C15H15NO3/c1-11-13(15(17)18-2)8-9-14(16-11)19-10-12-6-4-3-5-7-12/h3-9H,10H2,1-2H3. The van der Waals surface area contributed by atoms with Crippen molar-refractivity contribution in [1.29, 1.82) is 0 Å². The van der Waals surface area contributed by atoms with E-state index >= 15 is 0 Å². The minimum absolute atomic E-state index is 0.389. The number of pyridine rings is 1. The molecule has 98 valence electrons. The highest BCUT2D eigenvalue weighted by molar-refractivity contribution is 5.90. The van der Waals surface area contributed by atoms with E-state index in [2.05, 4.69) is 9.72 Å². The van der Waals surface area contributed by atoms with Crippen LogP contribution in [0.2, 0.25) is 0 Å². The van der Waals surface area contributed by atoms with E-state index < -0.39 is 0 Å². The van der Waals surface area contributed by atoms with Gasteiger partial charge in [0.05, 0.1) is 18.4 Å². The maximum atomic E-state index is 11.4. The molecule has 0 aliphatic heterocycles. The van der Waals surface area contributed by atoms with Crippen LogP contribution in [-0.2, 0) is 11.3 Å². The number of carbonyl (C=O) groups excluding carboxylic acids is 1. The quantitative estimate of drug-likeness (QED) is 0.790. The highest BCUT2D eigenvalue weighted by Crippen LogP contribution is 2.14. The van der Waals surface area contributed by atoms with E-state index in [1.807, 2.05) is 30.3 Å². The third-order valence-electron chi connectivity index (χ3n) is 2.70. The van der Waals surface area contributed by atoms with Gasteiger partial charge in [-0.1, -0.05) is 30.3 Å². The number of methoxy groups -OCH3 is 1. The van der Waals surface area contributed by atoms with Gasteiger partial charge in [-0.2, -0.15) is 0 Å². The van der Waals surface area contributed by atoms with E-state index in [0.29, 0.717) is 23.7 Å². The molecule has 0 aliphatic rings. The van der Waals surface area contributed by atoms with Crippen molar-refractivity contribution in [2.24, 2.45) is 0 Å². The van der Waals surface area contributed by atoms with Crippen LogP contribution in [0.4, 0.5) is 0 Å². The molecule has 2 rings (SSSR count). The largest absolute Gasteiger partial charge is 0.473 e. The van der Waals surface area contributed by atoms with Gasteiger partial charge in [0.15, 0.2) is 0 Å². The zero-order valence-electron chi connectivity index (χ0n) is 10.9. The average Bonchev–Trinajstić information content (AvgIpc) is 2.45. The Morgan fingerprint density at radius 1 is 1.16 bits per heavy atom. The SMILES string of the molecule is COC(=O)c1ccc(OCc2ccccc2)nc1C. The molecule has 0 amide bonds. The molecule has 0 saturated carbocycles. The molecule has 4 heteroatoms. The van der Waals surface area contributed by atoms with E-state index in [1.165, 1.54) is 7.11 Å². The summed E-state index contributed by atoms with van der Waals surface area (Å²) in [5.41, 5.74) is 2.12. The second-order valence-corrected chi connectivity index (χ2v) is 4.05. The first kappa shape index (κ1) is 13.1. The predicted octanol–water partition coefficient (Wildman–Crippen LogP) is 2.76. The number of esters is 1. The molecule has 0 aliphatic carbocycles. The molecule has 1 aromatic carbocycles. The second-order valence-electron chi connectivity index (χ2n) is 4.05. The number of aryl methyl sites for hydroxylation is 1. The molecule has 19 heavy (non-hydrogen) atoms. The Hall–Kier alpha value is -2.36. The fourth-order valence-electron chi connectivity index (χ4n) is 1.68. The Balaban J connectivity index is 2.06. The van der Waals surface area contributed by atoms with Crippen molar-refractivity contribution in [3.8, 4) is 5.88 Å². The molecule has 0 atom stereocenters. The van der Waals surface area contributed by atoms with Gasteiger partial charge in [-0.3, -0.25) is 0 Å². The van der Waals surface area contributed by atoms with Gasteiger partial charge in [-0.05, 0) is 18.6 Å². The first-order valence-corrected chi connectivity index (χ1v) is 5.93. The smallest absolute Gasteiger partial charge is 0.339 e. The maximum Gasteiger partial charge on any atom is 0.339 e. The van der Waals surface area contributed by atoms with Crippen molar-refractivity contribution >= 4 is 5.97 Å². The molecule has 1 heterocycles. The summed E-state index contributed by atoms with van der Waals surface area (Å²) in [7, 11) is 1.35. The number of hydrogen-bond donors (Lipinski definition) is 0. The third-order valence-corrected chi connectivity index (χ3v) is 2.70. The summed E-state index contributed by atoms with van der Waals surface area (Å²) >= 11 is 0. The lowest BCUT2D eigenvalue weighted by atomic mass is 10.2. The molecule has 1 aromatic heterocycles. The number of aromatic nitrogens is 1. The van der Waals surface area contributed by atoms with Crippen LogP contribution in [0, 0.1) is 6.92 Å². The zero-order valence-corrected chi connectivity index (χ0v) is 10.9. The summed E-state index contributed by atoms with van der Waals surface area (Å²) in [6, 6.07) is 13.2. The Kier molecular flexibility index (Phi) is 4.13.